The second-order valence-corrected chi connectivity index (χ2v) is 16.7. The largest absolute Gasteiger partial charge is 0.457 e. The molecular formula is C49H62ClN9O6. The molecule has 3 aromatic carbocycles. The first-order valence-corrected chi connectivity index (χ1v) is 22.6. The zero-order chi connectivity index (χ0) is 46.6. The minimum Gasteiger partial charge on any atom is -0.457 e. The molecule has 2 unspecified atom stereocenters. The number of fused-ring (bicyclic) bond motifs is 1. The number of aryl methyl sites for hydroxylation is 1. The Morgan fingerprint density at radius 2 is 1.66 bits per heavy atom. The third kappa shape index (κ3) is 14.8. The van der Waals surface area contributed by atoms with Gasteiger partial charge in [-0.15, -0.1) is 0 Å². The number of hydrogen-bond donors (Lipinski definition) is 4. The molecule has 2 fully saturated rings. The normalized spacial score (nSPS) is 15.6. The predicted octanol–water partition coefficient (Wildman–Crippen LogP) is 7.24. The van der Waals surface area contributed by atoms with Crippen molar-refractivity contribution in [3.05, 3.63) is 107 Å². The van der Waals surface area contributed by atoms with Gasteiger partial charge in [-0.05, 0) is 120 Å². The average Bonchev–Trinajstić information content (AvgIpc) is 3.71. The van der Waals surface area contributed by atoms with E-state index in [1.807, 2.05) is 74.4 Å². The first kappa shape index (κ1) is 50.0. The number of aromatic nitrogens is 3. The number of carbonyl (C=O) groups excluding carboxylic acids is 5. The van der Waals surface area contributed by atoms with Gasteiger partial charge < -0.3 is 30.0 Å². The SMILES string of the molecule is C=O.CNCCCC(CCCCCN1CCN(c2ccc(C=O)c(CN(C)C3CCC(=O)NC3=O)c2)CC1)Nc1ncnc2[nH]cc(C)c12.O=Cc1ccc(Oc2ccccc2)cc1Cl. The fraction of sp³-hybridized carbons (Fsp3) is 0.408. The summed E-state index contributed by atoms with van der Waals surface area (Å²) in [5, 5.41) is 10.9. The van der Waals surface area contributed by atoms with Gasteiger partial charge in [-0.3, -0.25) is 34.3 Å². The van der Waals surface area contributed by atoms with Gasteiger partial charge in [-0.2, -0.15) is 0 Å². The van der Waals surface area contributed by atoms with Gasteiger partial charge in [0.15, 0.2) is 6.29 Å². The summed E-state index contributed by atoms with van der Waals surface area (Å²) < 4.78 is 5.56. The van der Waals surface area contributed by atoms with Crippen LogP contribution in [0.1, 0.15) is 83.2 Å². The van der Waals surface area contributed by atoms with Gasteiger partial charge in [0.1, 0.15) is 42.4 Å². The number of imide groups is 1. The van der Waals surface area contributed by atoms with Crippen molar-refractivity contribution in [2.24, 2.45) is 0 Å². The number of piperidine rings is 1. The van der Waals surface area contributed by atoms with Crippen LogP contribution in [0.4, 0.5) is 11.5 Å². The molecule has 2 aliphatic heterocycles. The molecule has 2 atom stereocenters. The van der Waals surface area contributed by atoms with Crippen molar-refractivity contribution in [1.29, 1.82) is 0 Å². The Labute approximate surface area is 386 Å². The molecule has 0 bridgehead atoms. The van der Waals surface area contributed by atoms with Crippen LogP contribution >= 0.6 is 11.6 Å². The van der Waals surface area contributed by atoms with Crippen LogP contribution in [0.25, 0.3) is 11.0 Å². The molecule has 7 rings (SSSR count). The fourth-order valence-corrected chi connectivity index (χ4v) is 8.40. The first-order chi connectivity index (χ1) is 31.6. The number of rotatable bonds is 20. The van der Waals surface area contributed by atoms with Crippen LogP contribution in [-0.4, -0.2) is 121 Å². The van der Waals surface area contributed by atoms with Crippen LogP contribution < -0.4 is 25.6 Å². The summed E-state index contributed by atoms with van der Waals surface area (Å²) in [4.78, 5) is 73.4. The summed E-state index contributed by atoms with van der Waals surface area (Å²) in [5.41, 5.74) is 5.14. The quantitative estimate of drug-likeness (QED) is 0.0349. The third-order valence-electron chi connectivity index (χ3n) is 11.7. The number of halogens is 1. The van der Waals surface area contributed by atoms with Crippen LogP contribution in [0.5, 0.6) is 11.5 Å². The Hall–Kier alpha value is -6.00. The molecule has 4 heterocycles. The van der Waals surface area contributed by atoms with E-state index in [0.717, 1.165) is 104 Å². The molecule has 0 radical (unpaired) electrons. The lowest BCUT2D eigenvalue weighted by Crippen LogP contribution is -2.51. The molecule has 346 valence electrons. The summed E-state index contributed by atoms with van der Waals surface area (Å²) in [6.07, 6.45) is 12.9. The maximum Gasteiger partial charge on any atom is 0.243 e. The highest BCUT2D eigenvalue weighted by molar-refractivity contribution is 6.33. The number of ether oxygens (including phenoxy) is 1. The minimum atomic E-state index is -0.377. The lowest BCUT2D eigenvalue weighted by atomic mass is 10.0. The molecule has 4 N–H and O–H groups in total. The van der Waals surface area contributed by atoms with Crippen molar-refractivity contribution in [3.63, 3.8) is 0 Å². The molecule has 2 saturated heterocycles. The van der Waals surface area contributed by atoms with Gasteiger partial charge in [-0.1, -0.05) is 42.6 Å². The van der Waals surface area contributed by atoms with E-state index < -0.39 is 0 Å². The highest BCUT2D eigenvalue weighted by Gasteiger charge is 2.30. The predicted molar refractivity (Wildman–Crippen MR) is 256 cm³/mol. The average molecular weight is 909 g/mol. The smallest absolute Gasteiger partial charge is 0.243 e. The highest BCUT2D eigenvalue weighted by atomic mass is 35.5. The number of benzene rings is 3. The van der Waals surface area contributed by atoms with Crippen LogP contribution in [0.3, 0.4) is 0 Å². The van der Waals surface area contributed by atoms with Gasteiger partial charge >= 0.3 is 0 Å². The van der Waals surface area contributed by atoms with E-state index in [9.17, 15) is 19.2 Å². The Morgan fingerprint density at radius 3 is 2.37 bits per heavy atom. The number of H-pyrrole nitrogens is 1. The van der Waals surface area contributed by atoms with Crippen molar-refractivity contribution in [2.75, 3.05) is 63.6 Å². The summed E-state index contributed by atoms with van der Waals surface area (Å²) in [7, 11) is 3.88. The van der Waals surface area contributed by atoms with Gasteiger partial charge in [0.05, 0.1) is 16.5 Å². The van der Waals surface area contributed by atoms with Gasteiger partial charge in [0, 0.05) is 74.3 Å². The Kier molecular flexibility index (Phi) is 20.1. The standard InChI is InChI=1S/C35H51N9O3.C13H9ClO2.CH2O/c1-25-21-37-33-32(25)34(39-24-38-33)40-28(9-7-14-36-2)8-5-4-6-15-43-16-18-44(19-17-43)29-11-10-26(23-45)27(20-29)22-42(3)30-12-13-31(46)41-35(30)47;14-13-8-12(7-6-10(13)9-15)16-11-4-2-1-3-5-11;1-2/h10-11,20-21,23-24,28,30,36H,4-9,12-19,22H2,1-3H3,(H,41,46,47)(H2,37,38,39,40);1-9H;1H2. The van der Waals surface area contributed by atoms with E-state index >= 15 is 0 Å². The third-order valence-corrected chi connectivity index (χ3v) is 12.1. The van der Waals surface area contributed by atoms with Gasteiger partial charge in [0.25, 0.3) is 0 Å². The van der Waals surface area contributed by atoms with Crippen LogP contribution in [-0.2, 0) is 20.9 Å². The minimum absolute atomic E-state index is 0.223. The summed E-state index contributed by atoms with van der Waals surface area (Å²) in [5.74, 6) is 1.79. The maximum atomic E-state index is 12.4. The number of carbonyl (C=O) groups is 5. The molecule has 0 saturated carbocycles. The number of para-hydroxylation sites is 1. The van der Waals surface area contributed by atoms with E-state index in [0.29, 0.717) is 53.6 Å². The molecule has 5 aromatic rings. The van der Waals surface area contributed by atoms with E-state index in [-0.39, 0.29) is 17.9 Å². The number of hydrogen-bond acceptors (Lipinski definition) is 13. The Morgan fingerprint density at radius 1 is 0.923 bits per heavy atom. The van der Waals surface area contributed by atoms with E-state index in [4.69, 9.17) is 21.1 Å². The Bertz CT molecular complexity index is 2300. The number of piperazine rings is 1. The fourth-order valence-electron chi connectivity index (χ4n) is 8.18. The summed E-state index contributed by atoms with van der Waals surface area (Å²) in [6, 6.07) is 20.3. The van der Waals surface area contributed by atoms with Crippen LogP contribution in [0.15, 0.2) is 79.3 Å². The molecular weight excluding hydrogens is 846 g/mol. The molecule has 0 spiro atoms. The number of nitrogens with one attached hydrogen (secondary N) is 4. The number of amides is 2. The molecule has 65 heavy (non-hydrogen) atoms. The number of anilines is 2. The lowest BCUT2D eigenvalue weighted by Gasteiger charge is -2.36. The van der Waals surface area contributed by atoms with Crippen LogP contribution in [0.2, 0.25) is 5.02 Å². The Balaban J connectivity index is 0.000000368. The van der Waals surface area contributed by atoms with E-state index in [2.05, 4.69) is 53.7 Å². The molecule has 15 nitrogen and oxygen atoms in total. The van der Waals surface area contributed by atoms with E-state index in [1.54, 1.807) is 24.5 Å². The van der Waals surface area contributed by atoms with Gasteiger partial charge in [0.2, 0.25) is 11.8 Å². The molecule has 2 aromatic heterocycles. The lowest BCUT2D eigenvalue weighted by molar-refractivity contribution is -0.137. The monoisotopic (exact) mass is 907 g/mol. The zero-order valence-electron chi connectivity index (χ0n) is 37.7. The van der Waals surface area contributed by atoms with Crippen molar-refractivity contribution in [1.82, 2.24) is 35.4 Å². The van der Waals surface area contributed by atoms with Crippen molar-refractivity contribution >= 4 is 65.3 Å². The number of unbranched alkanes of at least 4 members (excludes halogenated alkanes) is 2. The first-order valence-electron chi connectivity index (χ1n) is 22.2. The number of aromatic amines is 1. The number of nitrogens with zero attached hydrogens (tertiary/aromatic N) is 5. The van der Waals surface area contributed by atoms with Crippen LogP contribution in [0, 0.1) is 6.92 Å². The van der Waals surface area contributed by atoms with Gasteiger partial charge in [-0.25, -0.2) is 9.97 Å². The highest BCUT2D eigenvalue weighted by Crippen LogP contribution is 2.28. The molecule has 16 heteroatoms. The number of likely N-dealkylation sites (N-methyl/N-ethyl adjacent to an activating group) is 1. The molecule has 2 aliphatic rings. The second-order valence-electron chi connectivity index (χ2n) is 16.3. The second kappa shape index (κ2) is 26.1. The topological polar surface area (TPSA) is 182 Å². The summed E-state index contributed by atoms with van der Waals surface area (Å²) in [6.45, 7) is 10.6. The zero-order valence-corrected chi connectivity index (χ0v) is 38.4. The van der Waals surface area contributed by atoms with Crippen molar-refractivity contribution in [2.45, 2.75) is 76.9 Å². The van der Waals surface area contributed by atoms with E-state index in [1.165, 1.54) is 19.3 Å². The van der Waals surface area contributed by atoms with Crippen molar-refractivity contribution < 1.29 is 28.7 Å². The maximum absolute atomic E-state index is 12.4. The molecule has 2 amide bonds. The number of aldehydes is 2. The summed E-state index contributed by atoms with van der Waals surface area (Å²) >= 11 is 5.88. The molecule has 0 aliphatic carbocycles. The van der Waals surface area contributed by atoms with Crippen molar-refractivity contribution in [3.8, 4) is 11.5 Å².